The molecule has 1 aromatic rings. The average molecular weight is 214 g/mol. The molecule has 0 radical (unpaired) electrons. The number of aromatic hydroxyl groups is 1. The molecule has 76 valence electrons. The van der Waals surface area contributed by atoms with Crippen molar-refractivity contribution in [2.45, 2.75) is 19.1 Å². The number of hydrogen-bond acceptors (Lipinski definition) is 3. The molecule has 1 atom stereocenters. The summed E-state index contributed by atoms with van der Waals surface area (Å²) in [5.41, 5.74) is 0.817. The number of halogens is 1. The molecule has 14 heavy (non-hydrogen) atoms. The van der Waals surface area contributed by atoms with Crippen LogP contribution in [0.2, 0.25) is 5.02 Å². The molecule has 0 spiro atoms. The summed E-state index contributed by atoms with van der Waals surface area (Å²) >= 11 is 5.69. The summed E-state index contributed by atoms with van der Waals surface area (Å²) in [5.74, 6) is 0.0586. The second-order valence-corrected chi connectivity index (χ2v) is 3.86. The molecule has 1 aromatic carbocycles. The lowest BCUT2D eigenvalue weighted by molar-refractivity contribution is 0.185. The van der Waals surface area contributed by atoms with Crippen LogP contribution in [0.3, 0.4) is 0 Å². The van der Waals surface area contributed by atoms with Crippen LogP contribution in [-0.2, 0) is 0 Å². The summed E-state index contributed by atoms with van der Waals surface area (Å²) in [6.45, 7) is 0.822. The lowest BCUT2D eigenvalue weighted by atomic mass is 10.2. The number of aliphatic hydroxyl groups excluding tert-OH is 1. The molecule has 1 aliphatic rings. The lowest BCUT2D eigenvalue weighted by Gasteiger charge is -2.22. The maximum absolute atomic E-state index is 9.61. The number of phenols is 1. The Morgan fingerprint density at radius 3 is 2.79 bits per heavy atom. The number of benzene rings is 1. The number of rotatable bonds is 1. The van der Waals surface area contributed by atoms with Crippen molar-refractivity contribution in [2.24, 2.45) is 0 Å². The third kappa shape index (κ3) is 1.65. The highest BCUT2D eigenvalue weighted by Gasteiger charge is 2.22. The van der Waals surface area contributed by atoms with E-state index in [-0.39, 0.29) is 5.75 Å². The molecule has 0 aromatic heterocycles. The van der Waals surface area contributed by atoms with E-state index in [1.165, 1.54) is 0 Å². The van der Waals surface area contributed by atoms with E-state index in [2.05, 4.69) is 0 Å². The van der Waals surface area contributed by atoms with Crippen LogP contribution in [0, 0.1) is 0 Å². The van der Waals surface area contributed by atoms with Crippen LogP contribution >= 0.6 is 11.6 Å². The molecule has 2 rings (SSSR count). The zero-order valence-corrected chi connectivity index (χ0v) is 8.41. The van der Waals surface area contributed by atoms with Gasteiger partial charge in [-0.15, -0.1) is 0 Å². The van der Waals surface area contributed by atoms with Gasteiger partial charge in [0.25, 0.3) is 0 Å². The first-order valence-corrected chi connectivity index (χ1v) is 4.99. The Balaban J connectivity index is 2.28. The Hall–Kier alpha value is -0.930. The van der Waals surface area contributed by atoms with E-state index in [1.807, 2.05) is 4.90 Å². The molecule has 0 aliphatic carbocycles. The molecule has 1 unspecified atom stereocenters. The monoisotopic (exact) mass is 213 g/mol. The van der Waals surface area contributed by atoms with Crippen molar-refractivity contribution in [3.8, 4) is 5.75 Å². The highest BCUT2D eigenvalue weighted by molar-refractivity contribution is 6.32. The molecule has 2 N–H and O–H groups in total. The molecule has 1 saturated heterocycles. The van der Waals surface area contributed by atoms with Gasteiger partial charge in [0.15, 0.2) is 0 Å². The van der Waals surface area contributed by atoms with Crippen molar-refractivity contribution >= 4 is 17.3 Å². The number of nitrogens with zero attached hydrogens (tertiary/aromatic N) is 1. The van der Waals surface area contributed by atoms with Gasteiger partial charge in [0.1, 0.15) is 12.0 Å². The molecule has 1 fully saturated rings. The molecule has 0 saturated carbocycles. The Kier molecular flexibility index (Phi) is 2.52. The van der Waals surface area contributed by atoms with Crippen LogP contribution in [0.5, 0.6) is 5.75 Å². The van der Waals surface area contributed by atoms with E-state index < -0.39 is 6.23 Å². The van der Waals surface area contributed by atoms with Gasteiger partial charge in [-0.3, -0.25) is 0 Å². The Morgan fingerprint density at radius 1 is 1.43 bits per heavy atom. The van der Waals surface area contributed by atoms with E-state index in [4.69, 9.17) is 11.6 Å². The van der Waals surface area contributed by atoms with E-state index >= 15 is 0 Å². The Labute approximate surface area is 87.5 Å². The van der Waals surface area contributed by atoms with Crippen molar-refractivity contribution in [3.05, 3.63) is 23.2 Å². The van der Waals surface area contributed by atoms with Crippen molar-refractivity contribution in [1.82, 2.24) is 0 Å². The largest absolute Gasteiger partial charge is 0.506 e. The molecule has 1 heterocycles. The van der Waals surface area contributed by atoms with Gasteiger partial charge in [-0.2, -0.15) is 0 Å². The van der Waals surface area contributed by atoms with Gasteiger partial charge in [-0.1, -0.05) is 11.6 Å². The summed E-state index contributed by atoms with van der Waals surface area (Å²) < 4.78 is 0. The number of hydrogen-bond donors (Lipinski definition) is 2. The standard InChI is InChI=1S/C10H12ClNO2/c11-8-4-3-7(6-9(8)13)12-5-1-2-10(12)14/h3-4,6,10,13-14H,1-2,5H2. The van der Waals surface area contributed by atoms with E-state index in [0.29, 0.717) is 5.02 Å². The van der Waals surface area contributed by atoms with Crippen molar-refractivity contribution in [2.75, 3.05) is 11.4 Å². The molecule has 0 amide bonds. The van der Waals surface area contributed by atoms with E-state index in [1.54, 1.807) is 18.2 Å². The molecule has 0 bridgehead atoms. The Bertz CT molecular complexity index is 343. The second kappa shape index (κ2) is 3.67. The minimum atomic E-state index is -0.435. The second-order valence-electron chi connectivity index (χ2n) is 3.45. The van der Waals surface area contributed by atoms with Gasteiger partial charge in [0.2, 0.25) is 0 Å². The van der Waals surface area contributed by atoms with Crippen LogP contribution in [0.15, 0.2) is 18.2 Å². The Morgan fingerprint density at radius 2 is 2.21 bits per heavy atom. The predicted octanol–water partition coefficient (Wildman–Crippen LogP) is 1.96. The van der Waals surface area contributed by atoms with Crippen LogP contribution in [-0.4, -0.2) is 23.0 Å². The normalized spacial score (nSPS) is 21.6. The van der Waals surface area contributed by atoms with Crippen molar-refractivity contribution in [1.29, 1.82) is 0 Å². The van der Waals surface area contributed by atoms with Gasteiger partial charge in [-0.05, 0) is 25.0 Å². The fourth-order valence-corrected chi connectivity index (χ4v) is 1.85. The first-order chi connectivity index (χ1) is 6.68. The third-order valence-corrected chi connectivity index (χ3v) is 2.80. The summed E-state index contributed by atoms with van der Waals surface area (Å²) in [6, 6.07) is 5.02. The minimum absolute atomic E-state index is 0.0586. The van der Waals surface area contributed by atoms with Crippen LogP contribution in [0.25, 0.3) is 0 Å². The van der Waals surface area contributed by atoms with Gasteiger partial charge in [0, 0.05) is 18.3 Å². The number of phenolic OH excluding ortho intramolecular Hbond substituents is 1. The zero-order chi connectivity index (χ0) is 10.1. The summed E-state index contributed by atoms with van der Waals surface area (Å²) in [6.07, 6.45) is 1.32. The van der Waals surface area contributed by atoms with Gasteiger partial charge < -0.3 is 15.1 Å². The van der Waals surface area contributed by atoms with E-state index in [9.17, 15) is 10.2 Å². The van der Waals surface area contributed by atoms with Crippen LogP contribution < -0.4 is 4.90 Å². The summed E-state index contributed by atoms with van der Waals surface area (Å²) in [7, 11) is 0. The topological polar surface area (TPSA) is 43.7 Å². The predicted molar refractivity (Wildman–Crippen MR) is 55.7 cm³/mol. The van der Waals surface area contributed by atoms with Crippen molar-refractivity contribution < 1.29 is 10.2 Å². The van der Waals surface area contributed by atoms with Crippen molar-refractivity contribution in [3.63, 3.8) is 0 Å². The quantitative estimate of drug-likeness (QED) is 0.750. The van der Waals surface area contributed by atoms with E-state index in [0.717, 1.165) is 25.1 Å². The SMILES string of the molecule is Oc1cc(N2CCCC2O)ccc1Cl. The average Bonchev–Trinajstić information content (AvgIpc) is 2.57. The maximum Gasteiger partial charge on any atom is 0.136 e. The number of anilines is 1. The van der Waals surface area contributed by atoms with Crippen LogP contribution in [0.1, 0.15) is 12.8 Å². The maximum atomic E-state index is 9.61. The first kappa shape index (κ1) is 9.62. The molecule has 1 aliphatic heterocycles. The fourth-order valence-electron chi connectivity index (χ4n) is 1.73. The number of aliphatic hydroxyl groups is 1. The first-order valence-electron chi connectivity index (χ1n) is 4.62. The molecule has 4 heteroatoms. The summed E-state index contributed by atoms with van der Waals surface area (Å²) in [4.78, 5) is 1.86. The molecule has 3 nitrogen and oxygen atoms in total. The molecular weight excluding hydrogens is 202 g/mol. The highest BCUT2D eigenvalue weighted by atomic mass is 35.5. The lowest BCUT2D eigenvalue weighted by Crippen LogP contribution is -2.28. The summed E-state index contributed by atoms with van der Waals surface area (Å²) in [5, 5.41) is 19.4. The third-order valence-electron chi connectivity index (χ3n) is 2.48. The zero-order valence-electron chi connectivity index (χ0n) is 7.65. The smallest absolute Gasteiger partial charge is 0.136 e. The van der Waals surface area contributed by atoms with Crippen LogP contribution in [0.4, 0.5) is 5.69 Å². The van der Waals surface area contributed by atoms with Gasteiger partial charge in [-0.25, -0.2) is 0 Å². The fraction of sp³-hybridized carbons (Fsp3) is 0.400. The minimum Gasteiger partial charge on any atom is -0.506 e. The molecular formula is C10H12ClNO2. The van der Waals surface area contributed by atoms with Gasteiger partial charge in [0.05, 0.1) is 5.02 Å². The van der Waals surface area contributed by atoms with Gasteiger partial charge >= 0.3 is 0 Å². The highest BCUT2D eigenvalue weighted by Crippen LogP contribution is 2.31.